The van der Waals surface area contributed by atoms with E-state index in [0.717, 1.165) is 15.4 Å². The van der Waals surface area contributed by atoms with E-state index in [9.17, 15) is 9.59 Å². The minimum Gasteiger partial charge on any atom is -0.343 e. The Morgan fingerprint density at radius 1 is 1.25 bits per heavy atom. The minimum absolute atomic E-state index is 0.112. The Labute approximate surface area is 146 Å². The van der Waals surface area contributed by atoms with Gasteiger partial charge in [-0.15, -0.1) is 0 Å². The number of aryl methyl sites for hydroxylation is 1. The van der Waals surface area contributed by atoms with Crippen LogP contribution in [0.5, 0.6) is 0 Å². The first kappa shape index (κ1) is 16.2. The molecule has 6 nitrogen and oxygen atoms in total. The molecular formula is C17H15BrN4O2. The Balaban J connectivity index is 1.64. The number of aromatic amines is 1. The van der Waals surface area contributed by atoms with E-state index >= 15 is 0 Å². The Kier molecular flexibility index (Phi) is 4.61. The van der Waals surface area contributed by atoms with Crippen LogP contribution in [0.15, 0.2) is 47.1 Å². The molecule has 0 aliphatic rings. The van der Waals surface area contributed by atoms with Crippen molar-refractivity contribution in [2.24, 2.45) is 0 Å². The summed E-state index contributed by atoms with van der Waals surface area (Å²) in [5, 5.41) is 13.0. The van der Waals surface area contributed by atoms with Gasteiger partial charge in [0.2, 0.25) is 5.91 Å². The van der Waals surface area contributed by atoms with E-state index in [4.69, 9.17) is 0 Å². The zero-order chi connectivity index (χ0) is 17.1. The Morgan fingerprint density at radius 3 is 2.88 bits per heavy atom. The highest BCUT2D eigenvalue weighted by Gasteiger charge is 2.13. The van der Waals surface area contributed by atoms with Gasteiger partial charge in [0.15, 0.2) is 0 Å². The maximum absolute atomic E-state index is 12.3. The number of para-hydroxylation sites is 1. The average Bonchev–Trinajstić information content (AvgIpc) is 3.04. The van der Waals surface area contributed by atoms with Gasteiger partial charge in [0.05, 0.1) is 23.8 Å². The monoisotopic (exact) mass is 386 g/mol. The summed E-state index contributed by atoms with van der Waals surface area (Å²) in [7, 11) is 0. The predicted molar refractivity (Wildman–Crippen MR) is 95.9 cm³/mol. The molecule has 0 bridgehead atoms. The smallest absolute Gasteiger partial charge is 0.253 e. The standard InChI is InChI=1S/C17H15BrN4O2/c1-10-7-12(18)5-6-14(10)21-15(23)9-19-17(24)13-4-2-3-11-8-20-22-16(11)13/h2-8H,9H2,1H3,(H,19,24)(H,20,22)(H,21,23). The van der Waals surface area contributed by atoms with Crippen molar-refractivity contribution in [1.82, 2.24) is 15.5 Å². The van der Waals surface area contributed by atoms with E-state index in [-0.39, 0.29) is 18.4 Å². The molecule has 2 amide bonds. The molecule has 122 valence electrons. The lowest BCUT2D eigenvalue weighted by Gasteiger charge is -2.10. The first-order valence-corrected chi connectivity index (χ1v) is 8.10. The number of nitrogens with zero attached hydrogens (tertiary/aromatic N) is 1. The molecule has 0 radical (unpaired) electrons. The zero-order valence-corrected chi connectivity index (χ0v) is 14.5. The summed E-state index contributed by atoms with van der Waals surface area (Å²) in [5.74, 6) is -0.613. The summed E-state index contributed by atoms with van der Waals surface area (Å²) in [6.45, 7) is 1.79. The van der Waals surface area contributed by atoms with Gasteiger partial charge in [0.1, 0.15) is 0 Å². The molecule has 1 heterocycles. The molecule has 0 unspecified atom stereocenters. The van der Waals surface area contributed by atoms with E-state index < -0.39 is 0 Å². The lowest BCUT2D eigenvalue weighted by atomic mass is 10.1. The van der Waals surface area contributed by atoms with Crippen molar-refractivity contribution >= 4 is 44.3 Å². The number of amides is 2. The average molecular weight is 387 g/mol. The number of carbonyl (C=O) groups excluding carboxylic acids is 2. The van der Waals surface area contributed by atoms with Crippen LogP contribution in [0.25, 0.3) is 10.9 Å². The number of rotatable bonds is 4. The molecule has 7 heteroatoms. The summed E-state index contributed by atoms with van der Waals surface area (Å²) in [6.07, 6.45) is 1.65. The number of carbonyl (C=O) groups is 2. The highest BCUT2D eigenvalue weighted by Crippen LogP contribution is 2.20. The van der Waals surface area contributed by atoms with Gasteiger partial charge in [-0.1, -0.05) is 28.1 Å². The van der Waals surface area contributed by atoms with Crippen LogP contribution in [0.3, 0.4) is 0 Å². The van der Waals surface area contributed by atoms with Crippen LogP contribution in [0.2, 0.25) is 0 Å². The predicted octanol–water partition coefficient (Wildman–Crippen LogP) is 3.00. The SMILES string of the molecule is Cc1cc(Br)ccc1NC(=O)CNC(=O)c1cccc2cn[nH]c12. The normalized spacial score (nSPS) is 10.6. The van der Waals surface area contributed by atoms with Crippen molar-refractivity contribution in [2.45, 2.75) is 6.92 Å². The maximum atomic E-state index is 12.3. The topological polar surface area (TPSA) is 86.9 Å². The fourth-order valence-electron chi connectivity index (χ4n) is 2.38. The molecule has 3 N–H and O–H groups in total. The van der Waals surface area contributed by atoms with Gasteiger partial charge in [0.25, 0.3) is 5.91 Å². The largest absolute Gasteiger partial charge is 0.343 e. The van der Waals surface area contributed by atoms with Crippen LogP contribution >= 0.6 is 15.9 Å². The second kappa shape index (κ2) is 6.84. The molecule has 0 atom stereocenters. The Morgan fingerprint density at radius 2 is 2.08 bits per heavy atom. The van der Waals surface area contributed by atoms with Crippen LogP contribution in [-0.4, -0.2) is 28.6 Å². The first-order valence-electron chi connectivity index (χ1n) is 7.31. The molecule has 24 heavy (non-hydrogen) atoms. The molecule has 0 fully saturated rings. The molecule has 0 aliphatic carbocycles. The number of anilines is 1. The van der Waals surface area contributed by atoms with Gasteiger partial charge in [-0.2, -0.15) is 5.10 Å². The fraction of sp³-hybridized carbons (Fsp3) is 0.118. The maximum Gasteiger partial charge on any atom is 0.253 e. The number of aromatic nitrogens is 2. The van der Waals surface area contributed by atoms with Crippen molar-refractivity contribution in [3.05, 3.63) is 58.2 Å². The van der Waals surface area contributed by atoms with Gasteiger partial charge < -0.3 is 10.6 Å². The number of hydrogen-bond acceptors (Lipinski definition) is 3. The molecule has 0 spiro atoms. The number of hydrogen-bond donors (Lipinski definition) is 3. The van der Waals surface area contributed by atoms with Crippen molar-refractivity contribution < 1.29 is 9.59 Å². The lowest BCUT2D eigenvalue weighted by molar-refractivity contribution is -0.115. The van der Waals surface area contributed by atoms with Gasteiger partial charge in [-0.3, -0.25) is 14.7 Å². The van der Waals surface area contributed by atoms with Crippen LogP contribution in [0.4, 0.5) is 5.69 Å². The second-order valence-corrected chi connectivity index (χ2v) is 6.25. The summed E-state index contributed by atoms with van der Waals surface area (Å²) in [5.41, 5.74) is 2.76. The van der Waals surface area contributed by atoms with Crippen molar-refractivity contribution in [3.8, 4) is 0 Å². The van der Waals surface area contributed by atoms with Gasteiger partial charge in [0, 0.05) is 15.5 Å². The molecule has 0 aliphatic heterocycles. The van der Waals surface area contributed by atoms with E-state index in [1.165, 1.54) is 0 Å². The highest BCUT2D eigenvalue weighted by atomic mass is 79.9. The van der Waals surface area contributed by atoms with E-state index in [0.29, 0.717) is 16.8 Å². The minimum atomic E-state index is -0.326. The van der Waals surface area contributed by atoms with Crippen molar-refractivity contribution in [1.29, 1.82) is 0 Å². The van der Waals surface area contributed by atoms with E-state index in [1.54, 1.807) is 18.3 Å². The quantitative estimate of drug-likeness (QED) is 0.643. The summed E-state index contributed by atoms with van der Waals surface area (Å²) < 4.78 is 0.943. The number of H-pyrrole nitrogens is 1. The summed E-state index contributed by atoms with van der Waals surface area (Å²) >= 11 is 3.38. The molecule has 3 aromatic rings. The second-order valence-electron chi connectivity index (χ2n) is 5.33. The Hall–Kier alpha value is -2.67. The molecular weight excluding hydrogens is 372 g/mol. The molecule has 1 aromatic heterocycles. The van der Waals surface area contributed by atoms with E-state index in [1.807, 2.05) is 31.2 Å². The third-order valence-electron chi connectivity index (χ3n) is 3.59. The van der Waals surface area contributed by atoms with Gasteiger partial charge >= 0.3 is 0 Å². The van der Waals surface area contributed by atoms with Crippen LogP contribution in [0, 0.1) is 6.92 Å². The van der Waals surface area contributed by atoms with Crippen LogP contribution in [-0.2, 0) is 4.79 Å². The number of benzene rings is 2. The van der Waals surface area contributed by atoms with Crippen molar-refractivity contribution in [3.63, 3.8) is 0 Å². The summed E-state index contributed by atoms with van der Waals surface area (Å²) in [4.78, 5) is 24.3. The molecule has 3 rings (SSSR count). The van der Waals surface area contributed by atoms with Crippen LogP contribution in [0.1, 0.15) is 15.9 Å². The third-order valence-corrected chi connectivity index (χ3v) is 4.09. The summed E-state index contributed by atoms with van der Waals surface area (Å²) in [6, 6.07) is 10.9. The zero-order valence-electron chi connectivity index (χ0n) is 12.9. The van der Waals surface area contributed by atoms with Gasteiger partial charge in [-0.05, 0) is 36.8 Å². The number of halogens is 1. The van der Waals surface area contributed by atoms with Gasteiger partial charge in [-0.25, -0.2) is 0 Å². The Bertz CT molecular complexity index is 920. The number of nitrogens with one attached hydrogen (secondary N) is 3. The molecule has 2 aromatic carbocycles. The molecule has 0 saturated heterocycles. The van der Waals surface area contributed by atoms with Crippen LogP contribution < -0.4 is 10.6 Å². The molecule has 0 saturated carbocycles. The van der Waals surface area contributed by atoms with E-state index in [2.05, 4.69) is 36.8 Å². The highest BCUT2D eigenvalue weighted by molar-refractivity contribution is 9.10. The number of fused-ring (bicyclic) bond motifs is 1. The lowest BCUT2D eigenvalue weighted by Crippen LogP contribution is -2.33. The fourth-order valence-corrected chi connectivity index (χ4v) is 2.85. The third kappa shape index (κ3) is 3.46. The first-order chi connectivity index (χ1) is 11.5. The van der Waals surface area contributed by atoms with Crippen molar-refractivity contribution in [2.75, 3.05) is 11.9 Å².